The summed E-state index contributed by atoms with van der Waals surface area (Å²) >= 11 is 0. The van der Waals surface area contributed by atoms with Crippen LogP contribution in [0.2, 0.25) is 0 Å². The topological polar surface area (TPSA) is 46.3 Å². The van der Waals surface area contributed by atoms with Crippen molar-refractivity contribution in [3.8, 4) is 0 Å². The van der Waals surface area contributed by atoms with Crippen molar-refractivity contribution in [1.29, 1.82) is 0 Å². The lowest BCUT2D eigenvalue weighted by atomic mass is 9.89. The Balaban J connectivity index is 1.83. The number of halogens is 2. The summed E-state index contributed by atoms with van der Waals surface area (Å²) in [7, 11) is 0. The first kappa shape index (κ1) is 15.6. The van der Waals surface area contributed by atoms with E-state index >= 15 is 0 Å². The zero-order valence-electron chi connectivity index (χ0n) is 12.6. The fraction of sp³-hybridized carbons (Fsp3) is 0.278. The Morgan fingerprint density at radius 1 is 1.09 bits per heavy atom. The van der Waals surface area contributed by atoms with Crippen molar-refractivity contribution in [1.82, 2.24) is 4.90 Å². The van der Waals surface area contributed by atoms with Gasteiger partial charge in [0.2, 0.25) is 0 Å². The summed E-state index contributed by atoms with van der Waals surface area (Å²) in [5.74, 6) is -1.58. The first-order valence-corrected chi connectivity index (χ1v) is 7.59. The summed E-state index contributed by atoms with van der Waals surface area (Å²) in [4.78, 5) is 14.2. The van der Waals surface area contributed by atoms with Gasteiger partial charge in [0.25, 0.3) is 5.91 Å². The molecule has 2 atom stereocenters. The molecular formula is C18H18F2N2O. The number of nitrogens with two attached hydrogens (primary N) is 1. The molecule has 0 saturated carbocycles. The minimum absolute atomic E-state index is 0.0342. The zero-order valence-corrected chi connectivity index (χ0v) is 12.6. The maximum Gasteiger partial charge on any atom is 0.254 e. The third-order valence-corrected chi connectivity index (χ3v) is 4.37. The van der Waals surface area contributed by atoms with E-state index < -0.39 is 11.6 Å². The van der Waals surface area contributed by atoms with Gasteiger partial charge >= 0.3 is 0 Å². The Morgan fingerprint density at radius 3 is 2.35 bits per heavy atom. The maximum atomic E-state index is 13.3. The Kier molecular flexibility index (Phi) is 4.39. The van der Waals surface area contributed by atoms with E-state index in [2.05, 4.69) is 0 Å². The van der Waals surface area contributed by atoms with Gasteiger partial charge < -0.3 is 10.6 Å². The minimum Gasteiger partial charge on any atom is -0.338 e. The average molecular weight is 316 g/mol. The van der Waals surface area contributed by atoms with Gasteiger partial charge in [0, 0.05) is 30.6 Å². The predicted octanol–water partition coefficient (Wildman–Crippen LogP) is 2.78. The molecule has 3 nitrogen and oxygen atoms in total. The highest BCUT2D eigenvalue weighted by molar-refractivity contribution is 5.94. The van der Waals surface area contributed by atoms with Crippen molar-refractivity contribution < 1.29 is 13.6 Å². The van der Waals surface area contributed by atoms with E-state index in [0.29, 0.717) is 19.6 Å². The normalized spacial score (nSPS) is 20.7. The van der Waals surface area contributed by atoms with Crippen LogP contribution in [-0.4, -0.2) is 30.4 Å². The summed E-state index contributed by atoms with van der Waals surface area (Å²) in [6.45, 7) is 1.46. The molecule has 1 saturated heterocycles. The number of nitrogens with zero attached hydrogens (tertiary/aromatic N) is 1. The molecule has 0 aliphatic carbocycles. The van der Waals surface area contributed by atoms with Crippen molar-refractivity contribution in [3.63, 3.8) is 0 Å². The Bertz CT molecular complexity index is 685. The van der Waals surface area contributed by atoms with E-state index in [0.717, 1.165) is 23.8 Å². The molecule has 2 aromatic rings. The summed E-state index contributed by atoms with van der Waals surface area (Å²) in [6, 6.07) is 12.8. The van der Waals surface area contributed by atoms with Gasteiger partial charge in [0.1, 0.15) is 11.6 Å². The molecule has 1 heterocycles. The van der Waals surface area contributed by atoms with Gasteiger partial charge in [-0.25, -0.2) is 8.78 Å². The lowest BCUT2D eigenvalue weighted by Gasteiger charge is -2.17. The lowest BCUT2D eigenvalue weighted by Crippen LogP contribution is -2.30. The molecule has 1 aliphatic rings. The van der Waals surface area contributed by atoms with Crippen LogP contribution < -0.4 is 5.73 Å². The molecule has 0 bridgehead atoms. The Morgan fingerprint density at radius 2 is 1.74 bits per heavy atom. The van der Waals surface area contributed by atoms with Gasteiger partial charge in [-0.1, -0.05) is 30.3 Å². The fourth-order valence-electron chi connectivity index (χ4n) is 3.21. The highest BCUT2D eigenvalue weighted by Gasteiger charge is 2.35. The van der Waals surface area contributed by atoms with Crippen molar-refractivity contribution in [2.45, 2.75) is 5.92 Å². The molecule has 3 rings (SSSR count). The number of likely N-dealkylation sites (tertiary alicyclic amines) is 1. The van der Waals surface area contributed by atoms with Crippen LogP contribution in [0.1, 0.15) is 21.8 Å². The van der Waals surface area contributed by atoms with E-state index in [9.17, 15) is 13.6 Å². The molecular weight excluding hydrogens is 298 g/mol. The van der Waals surface area contributed by atoms with Gasteiger partial charge in [-0.3, -0.25) is 4.79 Å². The smallest absolute Gasteiger partial charge is 0.254 e. The van der Waals surface area contributed by atoms with Crippen LogP contribution in [-0.2, 0) is 0 Å². The Hall–Kier alpha value is -2.27. The number of carbonyl (C=O) groups is 1. The average Bonchev–Trinajstić information content (AvgIpc) is 2.98. The molecule has 1 aliphatic heterocycles. The number of amides is 1. The number of carbonyl (C=O) groups excluding carboxylic acids is 1. The molecule has 1 amide bonds. The number of rotatable bonds is 3. The van der Waals surface area contributed by atoms with E-state index in [4.69, 9.17) is 5.73 Å². The first-order valence-electron chi connectivity index (χ1n) is 7.59. The molecule has 0 spiro atoms. The number of hydrogen-bond acceptors (Lipinski definition) is 2. The van der Waals surface area contributed by atoms with Gasteiger partial charge in [-0.2, -0.15) is 0 Å². The molecule has 1 fully saturated rings. The second-order valence-electron chi connectivity index (χ2n) is 5.88. The summed E-state index contributed by atoms with van der Waals surface area (Å²) < 4.78 is 26.7. The van der Waals surface area contributed by atoms with Crippen molar-refractivity contribution in [2.24, 2.45) is 11.7 Å². The molecule has 0 radical (unpaired) electrons. The highest BCUT2D eigenvalue weighted by Crippen LogP contribution is 2.32. The summed E-state index contributed by atoms with van der Waals surface area (Å²) in [6.07, 6.45) is 0. The van der Waals surface area contributed by atoms with E-state index in [1.165, 1.54) is 0 Å². The van der Waals surface area contributed by atoms with Gasteiger partial charge in [-0.15, -0.1) is 0 Å². The van der Waals surface area contributed by atoms with Gasteiger partial charge in [-0.05, 0) is 30.2 Å². The van der Waals surface area contributed by atoms with E-state index in [1.54, 1.807) is 4.90 Å². The van der Waals surface area contributed by atoms with Gasteiger partial charge in [0.15, 0.2) is 0 Å². The van der Waals surface area contributed by atoms with Crippen LogP contribution in [0.15, 0.2) is 48.5 Å². The predicted molar refractivity (Wildman–Crippen MR) is 84.0 cm³/mol. The lowest BCUT2D eigenvalue weighted by molar-refractivity contribution is 0.0785. The second kappa shape index (κ2) is 6.46. The quantitative estimate of drug-likeness (QED) is 0.946. The SMILES string of the molecule is NC[C@@H]1CN(C(=O)c2cc(F)cc(F)c2)C[C@H]1c1ccccc1. The van der Waals surface area contributed by atoms with Crippen LogP contribution in [0.25, 0.3) is 0 Å². The molecule has 120 valence electrons. The zero-order chi connectivity index (χ0) is 16.4. The van der Waals surface area contributed by atoms with Crippen LogP contribution in [0, 0.1) is 17.6 Å². The summed E-state index contributed by atoms with van der Waals surface area (Å²) in [5.41, 5.74) is 7.02. The third kappa shape index (κ3) is 3.24. The van der Waals surface area contributed by atoms with Crippen LogP contribution >= 0.6 is 0 Å². The van der Waals surface area contributed by atoms with Gasteiger partial charge in [0.05, 0.1) is 0 Å². The first-order chi connectivity index (χ1) is 11.1. The minimum atomic E-state index is -0.748. The molecule has 2 aromatic carbocycles. The standard InChI is InChI=1S/C18H18F2N2O/c19-15-6-13(7-16(20)8-15)18(23)22-10-14(9-21)17(11-22)12-4-2-1-3-5-12/h1-8,14,17H,9-11,21H2/t14-,17+/m1/s1. The molecule has 0 unspecified atom stereocenters. The largest absolute Gasteiger partial charge is 0.338 e. The maximum absolute atomic E-state index is 13.3. The van der Waals surface area contributed by atoms with Crippen molar-refractivity contribution in [2.75, 3.05) is 19.6 Å². The van der Waals surface area contributed by atoms with Crippen molar-refractivity contribution >= 4 is 5.91 Å². The molecule has 5 heteroatoms. The van der Waals surface area contributed by atoms with Crippen LogP contribution in [0.5, 0.6) is 0 Å². The van der Waals surface area contributed by atoms with Crippen LogP contribution in [0.4, 0.5) is 8.78 Å². The highest BCUT2D eigenvalue weighted by atomic mass is 19.1. The van der Waals surface area contributed by atoms with Crippen molar-refractivity contribution in [3.05, 3.63) is 71.3 Å². The third-order valence-electron chi connectivity index (χ3n) is 4.37. The number of benzene rings is 2. The monoisotopic (exact) mass is 316 g/mol. The number of hydrogen-bond donors (Lipinski definition) is 1. The molecule has 0 aromatic heterocycles. The van der Waals surface area contributed by atoms with E-state index in [-0.39, 0.29) is 23.3 Å². The molecule has 2 N–H and O–H groups in total. The molecule has 23 heavy (non-hydrogen) atoms. The van der Waals surface area contributed by atoms with Crippen LogP contribution in [0.3, 0.4) is 0 Å². The fourth-order valence-corrected chi connectivity index (χ4v) is 3.21. The Labute approximate surface area is 133 Å². The summed E-state index contributed by atoms with van der Waals surface area (Å²) in [5, 5.41) is 0. The second-order valence-corrected chi connectivity index (χ2v) is 5.88. The van der Waals surface area contributed by atoms with E-state index in [1.807, 2.05) is 30.3 Å².